The summed E-state index contributed by atoms with van der Waals surface area (Å²) in [5, 5.41) is 0. The molecule has 0 fully saturated rings. The van der Waals surface area contributed by atoms with Crippen LogP contribution in [0.5, 0.6) is 0 Å². The summed E-state index contributed by atoms with van der Waals surface area (Å²) in [6.07, 6.45) is 0.414. The van der Waals surface area contributed by atoms with Gasteiger partial charge >= 0.3 is 15.4 Å². The van der Waals surface area contributed by atoms with Crippen LogP contribution in [0.4, 0.5) is 0 Å². The van der Waals surface area contributed by atoms with Crippen molar-refractivity contribution in [3.05, 3.63) is 0 Å². The third kappa shape index (κ3) is 9.25. The van der Waals surface area contributed by atoms with Gasteiger partial charge in [0, 0.05) is 8.07 Å². The van der Waals surface area contributed by atoms with Gasteiger partial charge in [0.2, 0.25) is 0 Å². The first-order valence-corrected chi connectivity index (χ1v) is 15.3. The molecule has 0 spiro atoms. The monoisotopic (exact) mass is 404 g/mol. The zero-order valence-corrected chi connectivity index (χ0v) is 18.9. The molecule has 1 unspecified atom stereocenters. The van der Waals surface area contributed by atoms with E-state index in [4.69, 9.17) is 22.6 Å². The van der Waals surface area contributed by atoms with Crippen LogP contribution < -0.4 is 0 Å². The van der Waals surface area contributed by atoms with E-state index in [-0.39, 0.29) is 26.4 Å². The Morgan fingerprint density at radius 1 is 0.792 bits per heavy atom. The van der Waals surface area contributed by atoms with Crippen molar-refractivity contribution >= 4 is 23.5 Å². The summed E-state index contributed by atoms with van der Waals surface area (Å²) in [6.45, 7) is 14.2. The third-order valence-corrected chi connectivity index (χ3v) is 8.86. The molecule has 24 heavy (non-hydrogen) atoms. The molecule has 0 heterocycles. The second-order valence-electron chi connectivity index (χ2n) is 6.32. The average Bonchev–Trinajstić information content (AvgIpc) is 2.43. The fourth-order valence-electron chi connectivity index (χ4n) is 1.95. The Kier molecular flexibility index (Phi) is 11.5. The maximum Gasteiger partial charge on any atom is 0.475 e. The molecule has 0 aliphatic heterocycles. The summed E-state index contributed by atoms with van der Waals surface area (Å²) < 4.78 is 52.6. The van der Waals surface area contributed by atoms with Gasteiger partial charge in [-0.3, -0.25) is 18.1 Å². The topological polar surface area (TPSA) is 80.3 Å². The lowest BCUT2D eigenvalue weighted by atomic mass is 10.5. The first kappa shape index (κ1) is 24.5. The molecule has 0 aromatic heterocycles. The summed E-state index contributed by atoms with van der Waals surface area (Å²) in [6, 6.07) is 0.819. The van der Waals surface area contributed by atoms with Gasteiger partial charge in [0.05, 0.1) is 26.4 Å². The van der Waals surface area contributed by atoms with E-state index in [2.05, 4.69) is 19.6 Å². The molecule has 0 saturated heterocycles. The van der Waals surface area contributed by atoms with Crippen molar-refractivity contribution < 1.29 is 31.7 Å². The molecule has 7 nitrogen and oxygen atoms in total. The molecule has 0 rings (SSSR count). The Morgan fingerprint density at radius 3 is 1.54 bits per heavy atom. The fourth-order valence-corrected chi connectivity index (χ4v) is 6.94. The molecular formula is C14H34O7P2Si. The average molecular weight is 404 g/mol. The Labute approximate surface area is 147 Å². The molecule has 0 aromatic carbocycles. The molecule has 0 N–H and O–H groups in total. The van der Waals surface area contributed by atoms with Gasteiger partial charge in [-0.25, -0.2) is 4.57 Å². The predicted octanol–water partition coefficient (Wildman–Crippen LogP) is 5.50. The number of hydrogen-bond donors (Lipinski definition) is 0. The minimum Gasteiger partial charge on any atom is -0.307 e. The number of hydrogen-bond acceptors (Lipinski definition) is 7. The normalized spacial score (nSPS) is 14.8. The highest BCUT2D eigenvalue weighted by Gasteiger charge is 2.43. The van der Waals surface area contributed by atoms with E-state index in [0.29, 0.717) is 6.42 Å². The summed E-state index contributed by atoms with van der Waals surface area (Å²) >= 11 is 0. The summed E-state index contributed by atoms with van der Waals surface area (Å²) in [7, 11) is -8.85. The second-order valence-corrected chi connectivity index (χ2v) is 15.7. The van der Waals surface area contributed by atoms with Crippen molar-refractivity contribution in [1.29, 1.82) is 0 Å². The van der Waals surface area contributed by atoms with Gasteiger partial charge < -0.3 is 9.05 Å². The molecule has 0 bridgehead atoms. The van der Waals surface area contributed by atoms with Crippen LogP contribution in [-0.2, 0) is 31.7 Å². The SMILES string of the molecule is CCOP(=O)(OCC)OC(CC[Si](C)(C)C)P(=O)(OCC)OCC. The van der Waals surface area contributed by atoms with E-state index < -0.39 is 29.3 Å². The van der Waals surface area contributed by atoms with E-state index in [1.165, 1.54) is 0 Å². The van der Waals surface area contributed by atoms with Gasteiger partial charge in [0.25, 0.3) is 0 Å². The van der Waals surface area contributed by atoms with Crippen molar-refractivity contribution in [2.75, 3.05) is 26.4 Å². The van der Waals surface area contributed by atoms with Crippen LogP contribution in [0.15, 0.2) is 0 Å². The van der Waals surface area contributed by atoms with Gasteiger partial charge in [-0.1, -0.05) is 25.7 Å². The quantitative estimate of drug-likeness (QED) is 0.279. The van der Waals surface area contributed by atoms with Crippen LogP contribution in [0.25, 0.3) is 0 Å². The maximum absolute atomic E-state index is 13.1. The molecule has 1 atom stereocenters. The molecule has 146 valence electrons. The Morgan fingerprint density at radius 2 is 1.21 bits per heavy atom. The number of rotatable bonds is 14. The highest BCUT2D eigenvalue weighted by molar-refractivity contribution is 7.56. The molecule has 0 aliphatic carbocycles. The first-order chi connectivity index (χ1) is 11.1. The van der Waals surface area contributed by atoms with Crippen LogP contribution in [-0.4, -0.2) is 40.3 Å². The smallest absolute Gasteiger partial charge is 0.307 e. The van der Waals surface area contributed by atoms with Gasteiger partial charge in [-0.15, -0.1) is 0 Å². The summed E-state index contributed by atoms with van der Waals surface area (Å²) in [4.78, 5) is 0. The van der Waals surface area contributed by atoms with Crippen LogP contribution in [0, 0.1) is 0 Å². The second kappa shape index (κ2) is 11.2. The molecular weight excluding hydrogens is 370 g/mol. The first-order valence-electron chi connectivity index (χ1n) is 8.52. The summed E-state index contributed by atoms with van der Waals surface area (Å²) in [5.74, 6) is -0.979. The van der Waals surface area contributed by atoms with Gasteiger partial charge in [-0.05, 0) is 34.1 Å². The highest BCUT2D eigenvalue weighted by Crippen LogP contribution is 2.62. The van der Waals surface area contributed by atoms with Gasteiger partial charge in [-0.2, -0.15) is 0 Å². The van der Waals surface area contributed by atoms with E-state index in [1.807, 2.05) is 0 Å². The molecule has 10 heteroatoms. The molecule has 0 saturated carbocycles. The van der Waals surface area contributed by atoms with E-state index in [0.717, 1.165) is 6.04 Å². The standard InChI is InChI=1S/C14H34O7P2Si/c1-8-17-22(15,18-9-2)14(12-13-24(5,6)7)21-23(16,19-10-3)20-11-4/h14H,8-13H2,1-7H3. The zero-order chi connectivity index (χ0) is 18.9. The predicted molar refractivity (Wildman–Crippen MR) is 99.4 cm³/mol. The van der Waals surface area contributed by atoms with Crippen LogP contribution >= 0.6 is 15.4 Å². The Hall–Kier alpha value is 0.477. The lowest BCUT2D eigenvalue weighted by molar-refractivity contribution is 0.0879. The van der Waals surface area contributed by atoms with Gasteiger partial charge in [0.1, 0.15) is 0 Å². The number of phosphoric ester groups is 1. The number of phosphoric acid groups is 1. The molecule has 0 aromatic rings. The molecule has 0 aliphatic rings. The van der Waals surface area contributed by atoms with Crippen LogP contribution in [0.3, 0.4) is 0 Å². The molecule has 0 radical (unpaired) electrons. The van der Waals surface area contributed by atoms with Crippen molar-refractivity contribution in [1.82, 2.24) is 0 Å². The lowest BCUT2D eigenvalue weighted by Gasteiger charge is -2.30. The summed E-state index contributed by atoms with van der Waals surface area (Å²) in [5.41, 5.74) is 0. The van der Waals surface area contributed by atoms with Crippen molar-refractivity contribution in [2.45, 2.75) is 65.6 Å². The largest absolute Gasteiger partial charge is 0.475 e. The molecule has 0 amide bonds. The van der Waals surface area contributed by atoms with E-state index in [9.17, 15) is 9.13 Å². The van der Waals surface area contributed by atoms with Crippen LogP contribution in [0.1, 0.15) is 34.1 Å². The fraction of sp³-hybridized carbons (Fsp3) is 1.00. The lowest BCUT2D eigenvalue weighted by Crippen LogP contribution is -2.25. The van der Waals surface area contributed by atoms with Crippen molar-refractivity contribution in [2.24, 2.45) is 0 Å². The van der Waals surface area contributed by atoms with Crippen molar-refractivity contribution in [3.8, 4) is 0 Å². The Balaban J connectivity index is 5.50. The van der Waals surface area contributed by atoms with E-state index in [1.54, 1.807) is 27.7 Å². The van der Waals surface area contributed by atoms with Crippen LogP contribution in [0.2, 0.25) is 25.7 Å². The zero-order valence-electron chi connectivity index (χ0n) is 16.1. The third-order valence-electron chi connectivity index (χ3n) is 2.94. The van der Waals surface area contributed by atoms with E-state index >= 15 is 0 Å². The van der Waals surface area contributed by atoms with Gasteiger partial charge in [0.15, 0.2) is 5.85 Å². The minimum atomic E-state index is -3.82. The maximum atomic E-state index is 13.1. The van der Waals surface area contributed by atoms with Crippen molar-refractivity contribution in [3.63, 3.8) is 0 Å². The highest BCUT2D eigenvalue weighted by atomic mass is 31.2. The minimum absolute atomic E-state index is 0.158. The Bertz CT molecular complexity index is 419.